The van der Waals surface area contributed by atoms with Gasteiger partial charge in [-0.1, -0.05) is 31.5 Å². The average molecular weight is 228 g/mol. The van der Waals surface area contributed by atoms with Crippen LogP contribution in [0.25, 0.3) is 0 Å². The molecular weight excluding hydrogens is 214 g/mol. The third-order valence-corrected chi connectivity index (χ3v) is 2.27. The fourth-order valence-electron chi connectivity index (χ4n) is 1.46. The number of carbonyl (C=O) groups is 1. The summed E-state index contributed by atoms with van der Waals surface area (Å²) in [7, 11) is 0.951. The number of benzene rings is 1. The molecule has 0 unspecified atom stereocenters. The van der Waals surface area contributed by atoms with Crippen LogP contribution in [0.15, 0.2) is 24.3 Å². The Balaban J connectivity index is 3.03. The molecule has 88 valence electrons. The minimum atomic E-state index is -3.57. The number of hydrogen-bond donors (Lipinski definition) is 0. The molecule has 0 aliphatic heterocycles. The summed E-state index contributed by atoms with van der Waals surface area (Å²) in [6.07, 6.45) is 1.58. The first-order valence-electron chi connectivity index (χ1n) is 5.08. The molecule has 0 bridgehead atoms. The van der Waals surface area contributed by atoms with Crippen molar-refractivity contribution in [2.45, 2.75) is 25.7 Å². The fourth-order valence-corrected chi connectivity index (χ4v) is 1.46. The van der Waals surface area contributed by atoms with Gasteiger partial charge in [-0.05, 0) is 18.1 Å². The molecule has 4 heteroatoms. The minimum absolute atomic E-state index is 0.315. The summed E-state index contributed by atoms with van der Waals surface area (Å²) in [6, 6.07) is 5.87. The fraction of sp³-hybridized carbons (Fsp3) is 0.417. The van der Waals surface area contributed by atoms with Crippen LogP contribution in [0.2, 0.25) is 0 Å². The molecule has 0 aromatic heterocycles. The minimum Gasteiger partial charge on any atom is -0.464 e. The van der Waals surface area contributed by atoms with Crippen LogP contribution < -0.4 is 0 Å². The van der Waals surface area contributed by atoms with E-state index in [0.29, 0.717) is 6.42 Å². The van der Waals surface area contributed by atoms with Crippen molar-refractivity contribution in [3.8, 4) is 0 Å². The third-order valence-electron chi connectivity index (χ3n) is 2.27. The Morgan fingerprint density at radius 1 is 1.44 bits per heavy atom. The summed E-state index contributed by atoms with van der Waals surface area (Å²) < 4.78 is 31.1. The van der Waals surface area contributed by atoms with E-state index in [1.165, 1.54) is 18.2 Å². The van der Waals surface area contributed by atoms with Gasteiger partial charge in [-0.2, -0.15) is 8.78 Å². The number of halogens is 2. The number of methoxy groups -OCH3 is 1. The third kappa shape index (κ3) is 2.56. The van der Waals surface area contributed by atoms with Crippen LogP contribution >= 0.6 is 0 Å². The zero-order valence-electron chi connectivity index (χ0n) is 9.30. The van der Waals surface area contributed by atoms with E-state index in [-0.39, 0.29) is 5.56 Å². The molecule has 2 nitrogen and oxygen atoms in total. The predicted molar refractivity (Wildman–Crippen MR) is 56.3 cm³/mol. The van der Waals surface area contributed by atoms with Crippen LogP contribution in [-0.4, -0.2) is 13.1 Å². The van der Waals surface area contributed by atoms with Crippen molar-refractivity contribution < 1.29 is 18.3 Å². The Kier molecular flexibility index (Phi) is 3.99. The van der Waals surface area contributed by atoms with Crippen LogP contribution in [0.3, 0.4) is 0 Å². The SMILES string of the molecule is CCCc1cccc(C(F)(F)C(=O)OC)c1. The number of aryl methyl sites for hydroxylation is 1. The zero-order chi connectivity index (χ0) is 12.2. The summed E-state index contributed by atoms with van der Waals surface area (Å²) in [5.74, 6) is -5.10. The normalized spacial score (nSPS) is 11.2. The van der Waals surface area contributed by atoms with E-state index in [4.69, 9.17) is 0 Å². The molecule has 1 rings (SSSR count). The molecule has 0 N–H and O–H groups in total. The summed E-state index contributed by atoms with van der Waals surface area (Å²) in [4.78, 5) is 10.9. The number of carbonyl (C=O) groups excluding carboxylic acids is 1. The van der Waals surface area contributed by atoms with Gasteiger partial charge in [0.1, 0.15) is 0 Å². The van der Waals surface area contributed by atoms with Gasteiger partial charge in [0.15, 0.2) is 0 Å². The Morgan fingerprint density at radius 3 is 2.69 bits per heavy atom. The number of rotatable bonds is 4. The summed E-state index contributed by atoms with van der Waals surface area (Å²) in [6.45, 7) is 1.96. The van der Waals surface area contributed by atoms with Crippen molar-refractivity contribution >= 4 is 5.97 Å². The summed E-state index contributed by atoms with van der Waals surface area (Å²) in [5, 5.41) is 0. The highest BCUT2D eigenvalue weighted by molar-refractivity contribution is 5.79. The topological polar surface area (TPSA) is 26.3 Å². The average Bonchev–Trinajstić information content (AvgIpc) is 2.28. The van der Waals surface area contributed by atoms with E-state index in [1.54, 1.807) is 6.07 Å². The summed E-state index contributed by atoms with van der Waals surface area (Å²) >= 11 is 0. The van der Waals surface area contributed by atoms with Gasteiger partial charge in [0.05, 0.1) is 7.11 Å². The maximum absolute atomic E-state index is 13.5. The molecule has 0 amide bonds. The van der Waals surface area contributed by atoms with Gasteiger partial charge in [-0.25, -0.2) is 4.79 Å². The monoisotopic (exact) mass is 228 g/mol. The predicted octanol–water partition coefficient (Wildman–Crippen LogP) is 2.90. The summed E-state index contributed by atoms with van der Waals surface area (Å²) in [5.41, 5.74) is 0.480. The van der Waals surface area contributed by atoms with Gasteiger partial charge in [0.2, 0.25) is 0 Å². The molecule has 0 heterocycles. The molecular formula is C12H14F2O2. The number of esters is 1. The largest absolute Gasteiger partial charge is 0.464 e. The van der Waals surface area contributed by atoms with Crippen LogP contribution in [0.5, 0.6) is 0 Å². The molecule has 0 saturated carbocycles. The molecule has 0 saturated heterocycles. The molecule has 0 aliphatic carbocycles. The van der Waals surface area contributed by atoms with Gasteiger partial charge in [-0.3, -0.25) is 0 Å². The van der Waals surface area contributed by atoms with Crippen molar-refractivity contribution in [3.63, 3.8) is 0 Å². The van der Waals surface area contributed by atoms with Crippen LogP contribution in [0.1, 0.15) is 24.5 Å². The highest BCUT2D eigenvalue weighted by Crippen LogP contribution is 2.29. The highest BCUT2D eigenvalue weighted by atomic mass is 19.3. The van der Waals surface area contributed by atoms with Gasteiger partial charge < -0.3 is 4.74 Å². The van der Waals surface area contributed by atoms with Crippen molar-refractivity contribution in [1.82, 2.24) is 0 Å². The van der Waals surface area contributed by atoms with Gasteiger partial charge in [-0.15, -0.1) is 0 Å². The lowest BCUT2D eigenvalue weighted by Crippen LogP contribution is -2.27. The van der Waals surface area contributed by atoms with Crippen LogP contribution in [0.4, 0.5) is 8.78 Å². The molecule has 0 aliphatic rings. The van der Waals surface area contributed by atoms with Crippen LogP contribution in [-0.2, 0) is 21.9 Å². The Morgan fingerprint density at radius 2 is 2.12 bits per heavy atom. The second-order valence-corrected chi connectivity index (χ2v) is 3.52. The molecule has 16 heavy (non-hydrogen) atoms. The van der Waals surface area contributed by atoms with E-state index in [2.05, 4.69) is 4.74 Å². The molecule has 0 fully saturated rings. The zero-order valence-corrected chi connectivity index (χ0v) is 9.30. The highest BCUT2D eigenvalue weighted by Gasteiger charge is 2.42. The number of hydrogen-bond acceptors (Lipinski definition) is 2. The lowest BCUT2D eigenvalue weighted by atomic mass is 10.0. The van der Waals surface area contributed by atoms with Crippen molar-refractivity contribution in [2.24, 2.45) is 0 Å². The van der Waals surface area contributed by atoms with Gasteiger partial charge in [0.25, 0.3) is 0 Å². The van der Waals surface area contributed by atoms with Gasteiger partial charge in [0, 0.05) is 5.56 Å². The quantitative estimate of drug-likeness (QED) is 0.741. The van der Waals surface area contributed by atoms with E-state index in [1.807, 2.05) is 6.92 Å². The van der Waals surface area contributed by atoms with E-state index < -0.39 is 11.9 Å². The number of ether oxygens (including phenoxy) is 1. The molecule has 0 spiro atoms. The second kappa shape index (κ2) is 5.05. The molecule has 0 atom stereocenters. The first-order chi connectivity index (χ1) is 7.52. The van der Waals surface area contributed by atoms with Gasteiger partial charge >= 0.3 is 11.9 Å². The van der Waals surface area contributed by atoms with E-state index in [9.17, 15) is 13.6 Å². The molecule has 0 radical (unpaired) electrons. The lowest BCUT2D eigenvalue weighted by molar-refractivity contribution is -0.170. The Hall–Kier alpha value is -1.45. The smallest absolute Gasteiger partial charge is 0.381 e. The van der Waals surface area contributed by atoms with Crippen molar-refractivity contribution in [2.75, 3.05) is 7.11 Å². The maximum Gasteiger partial charge on any atom is 0.381 e. The molecule has 1 aromatic carbocycles. The Labute approximate surface area is 93.2 Å². The number of alkyl halides is 2. The van der Waals surface area contributed by atoms with Crippen molar-refractivity contribution in [3.05, 3.63) is 35.4 Å². The van der Waals surface area contributed by atoms with E-state index in [0.717, 1.165) is 19.1 Å². The standard InChI is InChI=1S/C12H14F2O2/c1-3-5-9-6-4-7-10(8-9)12(13,14)11(15)16-2/h4,6-8H,3,5H2,1-2H3. The van der Waals surface area contributed by atoms with E-state index >= 15 is 0 Å². The molecule has 1 aromatic rings. The first kappa shape index (κ1) is 12.6. The maximum atomic E-state index is 13.5. The Bertz CT molecular complexity index is 375. The lowest BCUT2D eigenvalue weighted by Gasteiger charge is -2.14. The second-order valence-electron chi connectivity index (χ2n) is 3.52. The van der Waals surface area contributed by atoms with Crippen LogP contribution in [0, 0.1) is 0 Å². The van der Waals surface area contributed by atoms with Crippen molar-refractivity contribution in [1.29, 1.82) is 0 Å². The first-order valence-corrected chi connectivity index (χ1v) is 5.08.